The molecular formula is C11H18N2OS. The molecule has 0 fully saturated rings. The number of nitrogens with one attached hydrogen (secondary N) is 1. The zero-order valence-electron chi connectivity index (χ0n) is 9.54. The van der Waals surface area contributed by atoms with E-state index < -0.39 is 0 Å². The highest BCUT2D eigenvalue weighted by Crippen LogP contribution is 2.18. The number of thiophene rings is 1. The molecule has 1 aromatic rings. The van der Waals surface area contributed by atoms with Crippen LogP contribution in [0.5, 0.6) is 0 Å². The molecule has 0 atom stereocenters. The summed E-state index contributed by atoms with van der Waals surface area (Å²) in [6.07, 6.45) is 0.921. The molecule has 1 heterocycles. The highest BCUT2D eigenvalue weighted by atomic mass is 32.1. The van der Waals surface area contributed by atoms with Crippen LogP contribution in [0.3, 0.4) is 0 Å². The van der Waals surface area contributed by atoms with Crippen LogP contribution in [-0.2, 0) is 6.42 Å². The Hall–Kier alpha value is -0.870. The molecule has 1 rings (SSSR count). The third-order valence-corrected chi connectivity index (χ3v) is 3.31. The van der Waals surface area contributed by atoms with E-state index in [1.165, 1.54) is 11.3 Å². The van der Waals surface area contributed by atoms with Crippen LogP contribution in [-0.4, -0.2) is 38.0 Å². The van der Waals surface area contributed by atoms with Crippen LogP contribution >= 0.6 is 11.3 Å². The first-order valence-corrected chi connectivity index (χ1v) is 6.05. The van der Waals surface area contributed by atoms with E-state index in [1.807, 2.05) is 25.5 Å². The van der Waals surface area contributed by atoms with E-state index >= 15 is 0 Å². The van der Waals surface area contributed by atoms with Gasteiger partial charge in [-0.1, -0.05) is 6.92 Å². The van der Waals surface area contributed by atoms with Crippen LogP contribution in [0.25, 0.3) is 0 Å². The van der Waals surface area contributed by atoms with Crippen LogP contribution in [0.2, 0.25) is 0 Å². The van der Waals surface area contributed by atoms with Crippen molar-refractivity contribution in [3.05, 3.63) is 21.9 Å². The Labute approximate surface area is 95.1 Å². The number of hydrogen-bond acceptors (Lipinski definition) is 3. The smallest absolute Gasteiger partial charge is 0.263 e. The van der Waals surface area contributed by atoms with Crippen LogP contribution < -0.4 is 5.32 Å². The van der Waals surface area contributed by atoms with Crippen LogP contribution in [0.1, 0.15) is 22.2 Å². The minimum atomic E-state index is 0.136. The Morgan fingerprint density at radius 3 is 2.93 bits per heavy atom. The van der Waals surface area contributed by atoms with Gasteiger partial charge in [-0.3, -0.25) is 4.79 Å². The van der Waals surface area contributed by atoms with Crippen molar-refractivity contribution in [1.82, 2.24) is 10.2 Å². The van der Waals surface area contributed by atoms with Gasteiger partial charge in [0.2, 0.25) is 0 Å². The third-order valence-electron chi connectivity index (χ3n) is 2.37. The number of amides is 1. The lowest BCUT2D eigenvalue weighted by molar-refractivity contribution is 0.0800. The highest BCUT2D eigenvalue weighted by Gasteiger charge is 2.15. The zero-order valence-corrected chi connectivity index (χ0v) is 10.4. The Balaban J connectivity index is 2.67. The molecule has 0 saturated heterocycles. The predicted octanol–water partition coefficient (Wildman–Crippen LogP) is 1.60. The molecule has 0 aliphatic rings. The number of rotatable bonds is 5. The van der Waals surface area contributed by atoms with E-state index in [0.29, 0.717) is 0 Å². The van der Waals surface area contributed by atoms with Gasteiger partial charge in [0.25, 0.3) is 5.91 Å². The van der Waals surface area contributed by atoms with Crippen LogP contribution in [0.15, 0.2) is 11.4 Å². The lowest BCUT2D eigenvalue weighted by Gasteiger charge is -2.16. The van der Waals surface area contributed by atoms with Crippen molar-refractivity contribution < 1.29 is 4.79 Å². The number of carbonyl (C=O) groups is 1. The maximum absolute atomic E-state index is 12.0. The van der Waals surface area contributed by atoms with Gasteiger partial charge >= 0.3 is 0 Å². The number of nitrogens with zero attached hydrogens (tertiary/aromatic N) is 1. The van der Waals surface area contributed by atoms with Gasteiger partial charge in [0.05, 0.1) is 4.88 Å². The molecule has 4 heteroatoms. The average Bonchev–Trinajstić information content (AvgIpc) is 2.72. The number of hydrogen-bond donors (Lipinski definition) is 1. The van der Waals surface area contributed by atoms with E-state index in [4.69, 9.17) is 0 Å². The van der Waals surface area contributed by atoms with E-state index in [1.54, 1.807) is 4.90 Å². The van der Waals surface area contributed by atoms with E-state index in [2.05, 4.69) is 12.2 Å². The molecule has 1 aromatic heterocycles. The number of likely N-dealkylation sites (N-methyl/N-ethyl adjacent to an activating group) is 2. The van der Waals surface area contributed by atoms with Gasteiger partial charge in [0, 0.05) is 20.1 Å². The molecule has 0 saturated carbocycles. The van der Waals surface area contributed by atoms with Gasteiger partial charge in [0.15, 0.2) is 0 Å². The average molecular weight is 226 g/mol. The molecule has 0 aromatic carbocycles. The van der Waals surface area contributed by atoms with Gasteiger partial charge in [0.1, 0.15) is 0 Å². The Morgan fingerprint density at radius 1 is 1.60 bits per heavy atom. The summed E-state index contributed by atoms with van der Waals surface area (Å²) < 4.78 is 0. The van der Waals surface area contributed by atoms with Crippen molar-refractivity contribution >= 4 is 17.2 Å². The van der Waals surface area contributed by atoms with Crippen molar-refractivity contribution in [3.63, 3.8) is 0 Å². The molecule has 3 nitrogen and oxygen atoms in total. The van der Waals surface area contributed by atoms with Gasteiger partial charge < -0.3 is 10.2 Å². The van der Waals surface area contributed by atoms with E-state index in [-0.39, 0.29) is 5.91 Å². The molecule has 0 unspecified atom stereocenters. The zero-order chi connectivity index (χ0) is 11.3. The summed E-state index contributed by atoms with van der Waals surface area (Å²) in [5.41, 5.74) is 1.15. The summed E-state index contributed by atoms with van der Waals surface area (Å²) in [5, 5.41) is 5.02. The molecule has 15 heavy (non-hydrogen) atoms. The first kappa shape index (κ1) is 12.2. The molecule has 0 bridgehead atoms. The van der Waals surface area contributed by atoms with Gasteiger partial charge in [-0.05, 0) is 30.5 Å². The lowest BCUT2D eigenvalue weighted by Crippen LogP contribution is -2.32. The predicted molar refractivity (Wildman–Crippen MR) is 64.6 cm³/mol. The fraction of sp³-hybridized carbons (Fsp3) is 0.545. The van der Waals surface area contributed by atoms with E-state index in [9.17, 15) is 4.79 Å². The van der Waals surface area contributed by atoms with Crippen molar-refractivity contribution in [3.8, 4) is 0 Å². The molecule has 1 amide bonds. The molecular weight excluding hydrogens is 208 g/mol. The monoisotopic (exact) mass is 226 g/mol. The first-order valence-electron chi connectivity index (χ1n) is 5.17. The summed E-state index contributed by atoms with van der Waals surface area (Å²) in [4.78, 5) is 14.7. The summed E-state index contributed by atoms with van der Waals surface area (Å²) in [7, 11) is 3.74. The van der Waals surface area contributed by atoms with Gasteiger partial charge in [-0.2, -0.15) is 0 Å². The molecule has 0 aliphatic heterocycles. The second-order valence-electron chi connectivity index (χ2n) is 3.46. The fourth-order valence-corrected chi connectivity index (χ4v) is 2.34. The largest absolute Gasteiger partial charge is 0.340 e. The molecule has 0 spiro atoms. The van der Waals surface area contributed by atoms with Crippen molar-refractivity contribution in [1.29, 1.82) is 0 Å². The Bertz CT molecular complexity index is 322. The number of carbonyl (C=O) groups excluding carboxylic acids is 1. The Morgan fingerprint density at radius 2 is 2.33 bits per heavy atom. The highest BCUT2D eigenvalue weighted by molar-refractivity contribution is 7.12. The molecule has 84 valence electrons. The first-order chi connectivity index (χ1) is 7.20. The summed E-state index contributed by atoms with van der Waals surface area (Å²) >= 11 is 1.53. The normalized spacial score (nSPS) is 10.3. The molecule has 1 N–H and O–H groups in total. The van der Waals surface area contributed by atoms with Crippen molar-refractivity contribution in [2.24, 2.45) is 0 Å². The number of aryl methyl sites for hydroxylation is 1. The quantitative estimate of drug-likeness (QED) is 0.827. The maximum Gasteiger partial charge on any atom is 0.263 e. The van der Waals surface area contributed by atoms with Crippen molar-refractivity contribution in [2.45, 2.75) is 13.3 Å². The summed E-state index contributed by atoms with van der Waals surface area (Å²) in [6.45, 7) is 3.65. The second-order valence-corrected chi connectivity index (χ2v) is 4.37. The van der Waals surface area contributed by atoms with Crippen LogP contribution in [0, 0.1) is 0 Å². The maximum atomic E-state index is 12.0. The fourth-order valence-electron chi connectivity index (χ4n) is 1.36. The van der Waals surface area contributed by atoms with Gasteiger partial charge in [-0.25, -0.2) is 0 Å². The third kappa shape index (κ3) is 3.04. The minimum Gasteiger partial charge on any atom is -0.340 e. The van der Waals surface area contributed by atoms with Crippen molar-refractivity contribution in [2.75, 3.05) is 27.2 Å². The molecule has 0 radical (unpaired) electrons. The van der Waals surface area contributed by atoms with Gasteiger partial charge in [-0.15, -0.1) is 11.3 Å². The standard InChI is InChI=1S/C11H18N2OS/c1-4-9-5-8-15-10(9)11(14)13(3)7-6-12-2/h5,8,12H,4,6-7H2,1-3H3. The Kier molecular flexibility index (Phi) is 4.78. The molecule has 0 aliphatic carbocycles. The summed E-state index contributed by atoms with van der Waals surface area (Å²) in [6, 6.07) is 2.03. The summed E-state index contributed by atoms with van der Waals surface area (Å²) in [5.74, 6) is 0.136. The van der Waals surface area contributed by atoms with E-state index in [0.717, 1.165) is 30.0 Å². The lowest BCUT2D eigenvalue weighted by atomic mass is 10.2. The minimum absolute atomic E-state index is 0.136. The van der Waals surface area contributed by atoms with Crippen LogP contribution in [0.4, 0.5) is 0 Å². The topological polar surface area (TPSA) is 32.3 Å². The SMILES string of the molecule is CCc1ccsc1C(=O)N(C)CCNC. The second kappa shape index (κ2) is 5.88.